The van der Waals surface area contributed by atoms with E-state index in [4.69, 9.17) is 9.47 Å². The number of rotatable bonds is 10. The topological polar surface area (TPSA) is 52.6 Å². The first-order valence-corrected chi connectivity index (χ1v) is 9.40. The van der Waals surface area contributed by atoms with Gasteiger partial charge in [0.15, 0.2) is 0 Å². The predicted molar refractivity (Wildman–Crippen MR) is 97.5 cm³/mol. The third-order valence-electron chi connectivity index (χ3n) is 3.75. The Labute approximate surface area is 148 Å². The smallest absolute Gasteiger partial charge is 0.314 e. The summed E-state index contributed by atoms with van der Waals surface area (Å²) in [6.07, 6.45) is 7.97. The van der Waals surface area contributed by atoms with Crippen molar-refractivity contribution in [2.75, 3.05) is 0 Å². The molecule has 0 amide bonds. The van der Waals surface area contributed by atoms with Crippen LogP contribution in [0.2, 0.25) is 0 Å². The fourth-order valence-corrected chi connectivity index (χ4v) is 2.00. The Morgan fingerprint density at radius 2 is 1.08 bits per heavy atom. The lowest BCUT2D eigenvalue weighted by molar-refractivity contribution is -0.200. The standard InChI is InChI=1S/C20H38O4/c1-8-9-10-11-12-13-14-15-16(23-17(21)19(2,3)4)24-18(22)20(5,6)7/h16H,8-15H2,1-7H3. The van der Waals surface area contributed by atoms with Crippen LogP contribution in [0.5, 0.6) is 0 Å². The quantitative estimate of drug-likeness (QED) is 0.293. The average Bonchev–Trinajstić information content (AvgIpc) is 2.43. The molecule has 4 nitrogen and oxygen atoms in total. The van der Waals surface area contributed by atoms with Crippen LogP contribution < -0.4 is 0 Å². The van der Waals surface area contributed by atoms with Crippen LogP contribution in [0, 0.1) is 10.8 Å². The Balaban J connectivity index is 4.43. The van der Waals surface area contributed by atoms with Crippen molar-refractivity contribution >= 4 is 11.9 Å². The molecule has 142 valence electrons. The normalized spacial score (nSPS) is 12.3. The Bertz CT molecular complexity index is 346. The fourth-order valence-electron chi connectivity index (χ4n) is 2.00. The Kier molecular flexibility index (Phi) is 10.3. The molecule has 0 aromatic rings. The minimum absolute atomic E-state index is 0.336. The summed E-state index contributed by atoms with van der Waals surface area (Å²) in [5.41, 5.74) is -1.21. The first-order valence-electron chi connectivity index (χ1n) is 9.40. The molecular formula is C20H38O4. The number of esters is 2. The van der Waals surface area contributed by atoms with Crippen molar-refractivity contribution in [2.24, 2.45) is 10.8 Å². The van der Waals surface area contributed by atoms with E-state index in [0.29, 0.717) is 6.42 Å². The van der Waals surface area contributed by atoms with Crippen LogP contribution in [0.3, 0.4) is 0 Å². The molecule has 0 saturated carbocycles. The van der Waals surface area contributed by atoms with Gasteiger partial charge < -0.3 is 9.47 Å². The summed E-state index contributed by atoms with van der Waals surface area (Å²) in [6.45, 7) is 13.0. The number of carbonyl (C=O) groups is 2. The SMILES string of the molecule is CCCCCCCCCC(OC(=O)C(C)(C)C)OC(=O)C(C)(C)C. The molecule has 0 N–H and O–H groups in total. The maximum Gasteiger partial charge on any atom is 0.314 e. The first-order chi connectivity index (χ1) is 11.0. The lowest BCUT2D eigenvalue weighted by Crippen LogP contribution is -2.34. The Hall–Kier alpha value is -1.06. The molecule has 0 fully saturated rings. The lowest BCUT2D eigenvalue weighted by Gasteiger charge is -2.26. The van der Waals surface area contributed by atoms with Crippen LogP contribution >= 0.6 is 0 Å². The number of hydrogen-bond acceptors (Lipinski definition) is 4. The molecule has 0 saturated heterocycles. The zero-order valence-corrected chi connectivity index (χ0v) is 16.9. The van der Waals surface area contributed by atoms with E-state index in [-0.39, 0.29) is 11.9 Å². The van der Waals surface area contributed by atoms with E-state index in [1.807, 2.05) is 0 Å². The lowest BCUT2D eigenvalue weighted by atomic mass is 9.97. The number of hydrogen-bond donors (Lipinski definition) is 0. The average molecular weight is 343 g/mol. The number of carbonyl (C=O) groups excluding carboxylic acids is 2. The molecule has 0 aliphatic heterocycles. The zero-order chi connectivity index (χ0) is 18.8. The zero-order valence-electron chi connectivity index (χ0n) is 16.9. The number of ether oxygens (including phenoxy) is 2. The van der Waals surface area contributed by atoms with E-state index in [0.717, 1.165) is 12.8 Å². The molecule has 0 aromatic carbocycles. The maximum atomic E-state index is 12.1. The molecule has 0 unspecified atom stereocenters. The van der Waals surface area contributed by atoms with Crippen LogP contribution in [0.25, 0.3) is 0 Å². The van der Waals surface area contributed by atoms with Crippen LogP contribution in [0.4, 0.5) is 0 Å². The third-order valence-corrected chi connectivity index (χ3v) is 3.75. The fraction of sp³-hybridized carbons (Fsp3) is 0.900. The third kappa shape index (κ3) is 10.7. The highest BCUT2D eigenvalue weighted by atomic mass is 16.7. The van der Waals surface area contributed by atoms with E-state index in [2.05, 4.69) is 6.92 Å². The molecular weight excluding hydrogens is 304 g/mol. The van der Waals surface area contributed by atoms with E-state index in [1.54, 1.807) is 41.5 Å². The van der Waals surface area contributed by atoms with Gasteiger partial charge in [0, 0.05) is 6.42 Å². The number of unbranched alkanes of at least 4 members (excludes halogenated alkanes) is 6. The van der Waals surface area contributed by atoms with E-state index < -0.39 is 17.1 Å². The Morgan fingerprint density at radius 1 is 0.708 bits per heavy atom. The van der Waals surface area contributed by atoms with Crippen molar-refractivity contribution in [3.63, 3.8) is 0 Å². The molecule has 24 heavy (non-hydrogen) atoms. The van der Waals surface area contributed by atoms with E-state index in [1.165, 1.54) is 32.1 Å². The molecule has 0 spiro atoms. The first kappa shape index (κ1) is 22.9. The van der Waals surface area contributed by atoms with Gasteiger partial charge in [-0.2, -0.15) is 0 Å². The minimum atomic E-state index is -0.779. The molecule has 0 atom stereocenters. The van der Waals surface area contributed by atoms with Gasteiger partial charge in [-0.3, -0.25) is 9.59 Å². The van der Waals surface area contributed by atoms with Crippen LogP contribution in [-0.4, -0.2) is 18.2 Å². The van der Waals surface area contributed by atoms with Gasteiger partial charge in [0.2, 0.25) is 6.29 Å². The summed E-state index contributed by atoms with van der Waals surface area (Å²) < 4.78 is 10.9. The second kappa shape index (κ2) is 10.7. The second-order valence-corrected chi connectivity index (χ2v) is 8.65. The van der Waals surface area contributed by atoms with Crippen molar-refractivity contribution in [3.8, 4) is 0 Å². The molecule has 0 bridgehead atoms. The van der Waals surface area contributed by atoms with Gasteiger partial charge in [0.1, 0.15) is 0 Å². The largest absolute Gasteiger partial charge is 0.425 e. The molecule has 0 aliphatic rings. The highest BCUT2D eigenvalue weighted by Crippen LogP contribution is 2.22. The van der Waals surface area contributed by atoms with E-state index >= 15 is 0 Å². The summed E-state index contributed by atoms with van der Waals surface area (Å²) in [5, 5.41) is 0. The minimum Gasteiger partial charge on any atom is -0.425 e. The molecule has 0 heterocycles. The molecule has 0 rings (SSSR count). The second-order valence-electron chi connectivity index (χ2n) is 8.65. The van der Waals surface area contributed by atoms with Crippen molar-refractivity contribution in [3.05, 3.63) is 0 Å². The van der Waals surface area contributed by atoms with Gasteiger partial charge in [-0.1, -0.05) is 45.4 Å². The summed E-state index contributed by atoms with van der Waals surface area (Å²) >= 11 is 0. The van der Waals surface area contributed by atoms with Gasteiger partial charge in [-0.15, -0.1) is 0 Å². The Morgan fingerprint density at radius 3 is 1.46 bits per heavy atom. The molecule has 0 aromatic heterocycles. The molecule has 0 aliphatic carbocycles. The van der Waals surface area contributed by atoms with Gasteiger partial charge >= 0.3 is 11.9 Å². The van der Waals surface area contributed by atoms with Crippen molar-refractivity contribution < 1.29 is 19.1 Å². The predicted octanol–water partition coefficient (Wildman–Crippen LogP) is 5.63. The van der Waals surface area contributed by atoms with Gasteiger partial charge in [-0.05, 0) is 48.0 Å². The van der Waals surface area contributed by atoms with E-state index in [9.17, 15) is 9.59 Å². The van der Waals surface area contributed by atoms with Crippen molar-refractivity contribution in [1.29, 1.82) is 0 Å². The van der Waals surface area contributed by atoms with Gasteiger partial charge in [0.25, 0.3) is 0 Å². The summed E-state index contributed by atoms with van der Waals surface area (Å²) in [5.74, 6) is -0.672. The summed E-state index contributed by atoms with van der Waals surface area (Å²) in [4.78, 5) is 24.2. The van der Waals surface area contributed by atoms with Crippen molar-refractivity contribution in [2.45, 2.75) is 106 Å². The van der Waals surface area contributed by atoms with Gasteiger partial charge in [-0.25, -0.2) is 0 Å². The monoisotopic (exact) mass is 342 g/mol. The van der Waals surface area contributed by atoms with Crippen LogP contribution in [-0.2, 0) is 19.1 Å². The highest BCUT2D eigenvalue weighted by molar-refractivity contribution is 5.77. The maximum absolute atomic E-state index is 12.1. The van der Waals surface area contributed by atoms with Crippen molar-refractivity contribution in [1.82, 2.24) is 0 Å². The molecule has 4 heteroatoms. The van der Waals surface area contributed by atoms with Crippen LogP contribution in [0.15, 0.2) is 0 Å². The molecule has 0 radical (unpaired) electrons. The highest BCUT2D eigenvalue weighted by Gasteiger charge is 2.31. The summed E-state index contributed by atoms with van der Waals surface area (Å²) in [7, 11) is 0. The summed E-state index contributed by atoms with van der Waals surface area (Å²) in [6, 6.07) is 0. The van der Waals surface area contributed by atoms with Crippen LogP contribution in [0.1, 0.15) is 99.8 Å². The van der Waals surface area contributed by atoms with Gasteiger partial charge in [0.05, 0.1) is 10.8 Å².